The molecule has 4 atom stereocenters. The maximum atomic E-state index is 11.2. The standard InChI is InChI=1S/C13H16N2O.C13H14N2.2ClH/c14-13(16)9-4-3-8-7-12-10(11(8)6-9)2-1-5-15-12;1-14-10-5-4-9-7-13-11(12(9)8-10)3-2-6-15-13;;/h3-4,6,10,12,15H,1-2,5,7H2,(H2,14,16);4-5,8,11,13,15H,2-3,6-7H2;2*1H. The van der Waals surface area contributed by atoms with Crippen LogP contribution in [0, 0.1) is 6.57 Å². The van der Waals surface area contributed by atoms with Crippen LogP contribution in [0.1, 0.15) is 70.1 Å². The van der Waals surface area contributed by atoms with E-state index in [0.717, 1.165) is 31.6 Å². The fourth-order valence-electron chi connectivity index (χ4n) is 6.02. The molecular weight excluding hydrogens is 455 g/mol. The van der Waals surface area contributed by atoms with E-state index < -0.39 is 0 Å². The fraction of sp³-hybridized carbons (Fsp3) is 0.462. The Morgan fingerprint density at radius 2 is 1.42 bits per heavy atom. The van der Waals surface area contributed by atoms with Gasteiger partial charge < -0.3 is 16.4 Å². The minimum Gasteiger partial charge on any atom is -0.366 e. The molecule has 0 spiro atoms. The van der Waals surface area contributed by atoms with Gasteiger partial charge in [-0.15, -0.1) is 24.8 Å². The number of fused-ring (bicyclic) bond motifs is 6. The molecule has 2 aromatic carbocycles. The van der Waals surface area contributed by atoms with Gasteiger partial charge in [0, 0.05) is 17.6 Å². The number of primary amides is 1. The van der Waals surface area contributed by atoms with Crippen LogP contribution >= 0.6 is 24.8 Å². The lowest BCUT2D eigenvalue weighted by Gasteiger charge is -2.27. The van der Waals surface area contributed by atoms with E-state index in [4.69, 9.17) is 12.3 Å². The van der Waals surface area contributed by atoms with Gasteiger partial charge in [-0.1, -0.05) is 29.8 Å². The van der Waals surface area contributed by atoms with Crippen LogP contribution in [0.15, 0.2) is 36.4 Å². The molecule has 7 heteroatoms. The molecule has 1 amide bonds. The van der Waals surface area contributed by atoms with Crippen LogP contribution in [0.25, 0.3) is 4.85 Å². The van der Waals surface area contributed by atoms with E-state index in [2.05, 4.69) is 33.7 Å². The summed E-state index contributed by atoms with van der Waals surface area (Å²) < 4.78 is 0. The molecule has 2 saturated heterocycles. The van der Waals surface area contributed by atoms with Gasteiger partial charge in [0.1, 0.15) is 0 Å². The van der Waals surface area contributed by atoms with Gasteiger partial charge >= 0.3 is 0 Å². The van der Waals surface area contributed by atoms with E-state index in [-0.39, 0.29) is 30.7 Å². The zero-order valence-electron chi connectivity index (χ0n) is 18.7. The first-order chi connectivity index (χ1) is 15.1. The Morgan fingerprint density at radius 3 is 1.97 bits per heavy atom. The minimum atomic E-state index is -0.324. The van der Waals surface area contributed by atoms with Gasteiger partial charge in [-0.05, 0) is 92.3 Å². The van der Waals surface area contributed by atoms with Crippen LogP contribution in [-0.2, 0) is 12.8 Å². The summed E-state index contributed by atoms with van der Waals surface area (Å²) in [5.74, 6) is 0.925. The molecule has 0 saturated carbocycles. The maximum Gasteiger partial charge on any atom is 0.248 e. The second-order valence-electron chi connectivity index (χ2n) is 9.30. The molecule has 5 nitrogen and oxygen atoms in total. The molecular formula is C26H32Cl2N4O. The lowest BCUT2D eigenvalue weighted by Crippen LogP contribution is -2.37. The Morgan fingerprint density at radius 1 is 0.879 bits per heavy atom. The van der Waals surface area contributed by atoms with Crippen molar-refractivity contribution in [1.82, 2.24) is 10.6 Å². The summed E-state index contributed by atoms with van der Waals surface area (Å²) >= 11 is 0. The van der Waals surface area contributed by atoms with E-state index in [1.165, 1.54) is 47.9 Å². The number of benzene rings is 2. The third-order valence-electron chi connectivity index (χ3n) is 7.54. The number of piperidine rings is 2. The Hall–Kier alpha value is -2.10. The van der Waals surface area contributed by atoms with Crippen LogP contribution in [0.2, 0.25) is 0 Å². The number of carbonyl (C=O) groups is 1. The first kappa shape index (κ1) is 25.5. The summed E-state index contributed by atoms with van der Waals surface area (Å²) in [4.78, 5) is 14.7. The molecule has 2 fully saturated rings. The Bertz CT molecular complexity index is 1050. The van der Waals surface area contributed by atoms with Crippen molar-refractivity contribution in [3.05, 3.63) is 75.6 Å². The summed E-state index contributed by atoms with van der Waals surface area (Å²) in [7, 11) is 0. The summed E-state index contributed by atoms with van der Waals surface area (Å²) in [6, 6.07) is 13.3. The smallest absolute Gasteiger partial charge is 0.248 e. The second-order valence-corrected chi connectivity index (χ2v) is 9.30. The highest BCUT2D eigenvalue weighted by Crippen LogP contribution is 2.40. The number of carbonyl (C=O) groups excluding carboxylic acids is 1. The van der Waals surface area contributed by atoms with Crippen molar-refractivity contribution >= 4 is 36.4 Å². The zero-order valence-corrected chi connectivity index (χ0v) is 20.3. The van der Waals surface area contributed by atoms with Crippen molar-refractivity contribution in [2.24, 2.45) is 5.73 Å². The highest BCUT2D eigenvalue weighted by molar-refractivity contribution is 5.93. The second kappa shape index (κ2) is 10.9. The number of hydrogen-bond donors (Lipinski definition) is 3. The van der Waals surface area contributed by atoms with Crippen molar-refractivity contribution in [2.75, 3.05) is 13.1 Å². The number of nitrogens with two attached hydrogens (primary N) is 1. The quantitative estimate of drug-likeness (QED) is 0.513. The van der Waals surface area contributed by atoms with Gasteiger partial charge in [0.25, 0.3) is 0 Å². The Balaban J connectivity index is 0.000000175. The van der Waals surface area contributed by atoms with Gasteiger partial charge in [-0.2, -0.15) is 0 Å². The molecule has 4 aliphatic rings. The van der Waals surface area contributed by atoms with Gasteiger partial charge in [0.15, 0.2) is 5.69 Å². The molecule has 0 aromatic heterocycles. The number of hydrogen-bond acceptors (Lipinski definition) is 3. The predicted octanol–water partition coefficient (Wildman–Crippen LogP) is 4.65. The van der Waals surface area contributed by atoms with E-state index >= 15 is 0 Å². The van der Waals surface area contributed by atoms with Gasteiger partial charge in [-0.3, -0.25) is 4.79 Å². The average molecular weight is 487 g/mol. The zero-order chi connectivity index (χ0) is 21.4. The number of amides is 1. The van der Waals surface area contributed by atoms with E-state index in [9.17, 15) is 4.79 Å². The van der Waals surface area contributed by atoms with Crippen molar-refractivity contribution in [3.63, 3.8) is 0 Å². The molecule has 6 rings (SSSR count). The number of rotatable bonds is 1. The molecule has 0 radical (unpaired) electrons. The molecule has 2 aliphatic carbocycles. The fourth-order valence-corrected chi connectivity index (χ4v) is 6.02. The SMILES string of the molecule is Cl.Cl.NC(=O)c1ccc2c(c1)C1CCCNC1C2.[C-]#[N+]c1ccc2c(c1)C1CCCNC1C2. The van der Waals surface area contributed by atoms with Crippen LogP contribution in [0.3, 0.4) is 0 Å². The summed E-state index contributed by atoms with van der Waals surface area (Å²) in [5.41, 5.74) is 12.4. The molecule has 2 aromatic rings. The van der Waals surface area contributed by atoms with Crippen LogP contribution < -0.4 is 16.4 Å². The topological polar surface area (TPSA) is 71.5 Å². The minimum absolute atomic E-state index is 0. The third-order valence-corrected chi connectivity index (χ3v) is 7.54. The van der Waals surface area contributed by atoms with E-state index in [1.807, 2.05) is 18.2 Å². The normalized spacial score (nSPS) is 25.9. The highest BCUT2D eigenvalue weighted by Gasteiger charge is 2.35. The summed E-state index contributed by atoms with van der Waals surface area (Å²) in [5, 5.41) is 7.15. The number of nitrogens with one attached hydrogen (secondary N) is 2. The lowest BCUT2D eigenvalue weighted by molar-refractivity contribution is 0.1000. The van der Waals surface area contributed by atoms with Gasteiger partial charge in [-0.25, -0.2) is 4.85 Å². The summed E-state index contributed by atoms with van der Waals surface area (Å²) in [6.45, 7) is 9.33. The lowest BCUT2D eigenvalue weighted by atomic mass is 9.89. The van der Waals surface area contributed by atoms with Crippen LogP contribution in [-0.4, -0.2) is 31.1 Å². The number of halogens is 2. The number of nitrogens with zero attached hydrogens (tertiary/aromatic N) is 1. The molecule has 2 heterocycles. The highest BCUT2D eigenvalue weighted by atomic mass is 35.5. The molecule has 4 unspecified atom stereocenters. The molecule has 0 bridgehead atoms. The largest absolute Gasteiger partial charge is 0.366 e. The molecule has 4 N–H and O–H groups in total. The Kier molecular flexibility index (Phi) is 8.42. The van der Waals surface area contributed by atoms with Crippen molar-refractivity contribution in [3.8, 4) is 0 Å². The van der Waals surface area contributed by atoms with Gasteiger partial charge in [0.2, 0.25) is 5.91 Å². The molecule has 33 heavy (non-hydrogen) atoms. The molecule has 176 valence electrons. The predicted molar refractivity (Wildman–Crippen MR) is 137 cm³/mol. The summed E-state index contributed by atoms with van der Waals surface area (Å²) in [6.07, 6.45) is 7.25. The first-order valence-electron chi connectivity index (χ1n) is 11.5. The van der Waals surface area contributed by atoms with Crippen molar-refractivity contribution in [2.45, 2.75) is 62.4 Å². The third kappa shape index (κ3) is 5.05. The van der Waals surface area contributed by atoms with Crippen molar-refractivity contribution < 1.29 is 4.79 Å². The van der Waals surface area contributed by atoms with Crippen molar-refractivity contribution in [1.29, 1.82) is 0 Å². The van der Waals surface area contributed by atoms with Gasteiger partial charge in [0.05, 0.1) is 6.57 Å². The average Bonchev–Trinajstić information content (AvgIpc) is 3.36. The maximum absolute atomic E-state index is 11.2. The Labute approximate surface area is 208 Å². The van der Waals surface area contributed by atoms with Crippen LogP contribution in [0.5, 0.6) is 0 Å². The first-order valence-corrected chi connectivity index (χ1v) is 11.5. The van der Waals surface area contributed by atoms with Crippen LogP contribution in [0.4, 0.5) is 5.69 Å². The van der Waals surface area contributed by atoms with E-state index in [1.54, 1.807) is 0 Å². The van der Waals surface area contributed by atoms with E-state index in [0.29, 0.717) is 29.5 Å². The molecule has 2 aliphatic heterocycles. The monoisotopic (exact) mass is 486 g/mol.